The highest BCUT2D eigenvalue weighted by Crippen LogP contribution is 2.28. The SMILES string of the molecule is CCOc1ccc(N(CC(=O)N(Cc2ccc(Cl)cc2)[C@H](Cc2ccccc2)C(=O)N[C@H](C)CC)S(=O)(=O)c2ccc(Br)cc2)cc1. The molecule has 0 bridgehead atoms. The summed E-state index contributed by atoms with van der Waals surface area (Å²) in [7, 11) is -4.22. The standard InChI is InChI=1S/C36H39BrClN3O5S/c1-4-26(3)39-36(43)34(23-27-9-7-6-8-10-27)40(24-28-11-15-30(38)16-12-28)35(42)25-41(31-17-19-32(20-18-31)46-5-2)47(44,45)33-21-13-29(37)14-22-33/h6-22,26,34H,4-5,23-25H2,1-3H3,(H,39,43)/t26-,34-/m1/s1. The maximum atomic E-state index is 14.6. The average Bonchev–Trinajstić information content (AvgIpc) is 3.07. The van der Waals surface area contributed by atoms with E-state index in [4.69, 9.17) is 16.3 Å². The van der Waals surface area contributed by atoms with Gasteiger partial charge in [0.05, 0.1) is 17.2 Å². The lowest BCUT2D eigenvalue weighted by Crippen LogP contribution is -2.54. The Morgan fingerprint density at radius 1 is 0.872 bits per heavy atom. The van der Waals surface area contributed by atoms with Gasteiger partial charge in [0.2, 0.25) is 11.8 Å². The van der Waals surface area contributed by atoms with Crippen LogP contribution in [0.5, 0.6) is 5.75 Å². The van der Waals surface area contributed by atoms with Crippen LogP contribution in [0.3, 0.4) is 0 Å². The Kier molecular flexibility index (Phi) is 12.9. The maximum absolute atomic E-state index is 14.6. The second kappa shape index (κ2) is 16.8. The van der Waals surface area contributed by atoms with Crippen LogP contribution in [0.2, 0.25) is 5.02 Å². The van der Waals surface area contributed by atoms with Crippen molar-refractivity contribution < 1.29 is 22.7 Å². The number of ether oxygens (including phenoxy) is 1. The molecule has 0 radical (unpaired) electrons. The molecule has 4 aromatic carbocycles. The number of nitrogens with one attached hydrogen (secondary N) is 1. The van der Waals surface area contributed by atoms with E-state index < -0.39 is 28.5 Å². The van der Waals surface area contributed by atoms with Gasteiger partial charge in [0, 0.05) is 28.5 Å². The molecule has 4 aromatic rings. The molecular weight excluding hydrogens is 702 g/mol. The molecule has 0 spiro atoms. The first-order valence-corrected chi connectivity index (χ1v) is 18.0. The van der Waals surface area contributed by atoms with Gasteiger partial charge in [-0.1, -0.05) is 76.9 Å². The molecule has 0 unspecified atom stereocenters. The molecule has 2 amide bonds. The minimum atomic E-state index is -4.22. The molecule has 0 aliphatic carbocycles. The van der Waals surface area contributed by atoms with Crippen molar-refractivity contribution in [2.45, 2.75) is 57.1 Å². The van der Waals surface area contributed by atoms with Crippen molar-refractivity contribution >= 4 is 55.1 Å². The lowest BCUT2D eigenvalue weighted by atomic mass is 10.0. The maximum Gasteiger partial charge on any atom is 0.264 e. The first-order chi connectivity index (χ1) is 22.5. The van der Waals surface area contributed by atoms with Crippen molar-refractivity contribution in [3.8, 4) is 5.75 Å². The summed E-state index contributed by atoms with van der Waals surface area (Å²) in [6, 6.07) is 28.2. The van der Waals surface area contributed by atoms with Crippen LogP contribution in [0, 0.1) is 0 Å². The first-order valence-electron chi connectivity index (χ1n) is 15.4. The van der Waals surface area contributed by atoms with Crippen LogP contribution < -0.4 is 14.4 Å². The van der Waals surface area contributed by atoms with Gasteiger partial charge < -0.3 is 15.0 Å². The van der Waals surface area contributed by atoms with E-state index in [9.17, 15) is 18.0 Å². The highest BCUT2D eigenvalue weighted by atomic mass is 79.9. The lowest BCUT2D eigenvalue weighted by molar-refractivity contribution is -0.140. The van der Waals surface area contributed by atoms with Gasteiger partial charge in [0.25, 0.3) is 10.0 Å². The number of anilines is 1. The van der Waals surface area contributed by atoms with E-state index in [0.717, 1.165) is 15.4 Å². The average molecular weight is 741 g/mol. The number of hydrogen-bond acceptors (Lipinski definition) is 5. The number of amides is 2. The predicted octanol–water partition coefficient (Wildman–Crippen LogP) is 7.25. The number of nitrogens with zero attached hydrogens (tertiary/aromatic N) is 2. The second-order valence-corrected chi connectivity index (χ2v) is 14.3. The smallest absolute Gasteiger partial charge is 0.264 e. The van der Waals surface area contributed by atoms with Crippen molar-refractivity contribution in [2.75, 3.05) is 17.5 Å². The van der Waals surface area contributed by atoms with Gasteiger partial charge in [-0.05, 0) is 92.1 Å². The zero-order valence-electron chi connectivity index (χ0n) is 26.6. The van der Waals surface area contributed by atoms with Crippen LogP contribution in [-0.4, -0.2) is 50.4 Å². The molecule has 0 fully saturated rings. The van der Waals surface area contributed by atoms with Crippen LogP contribution in [0.4, 0.5) is 5.69 Å². The molecule has 248 valence electrons. The Bertz CT molecular complexity index is 1720. The summed E-state index contributed by atoms with van der Waals surface area (Å²) in [6.07, 6.45) is 0.927. The molecule has 11 heteroatoms. The molecular formula is C36H39BrClN3O5S. The van der Waals surface area contributed by atoms with Gasteiger partial charge in [-0.25, -0.2) is 8.42 Å². The van der Waals surface area contributed by atoms with Crippen molar-refractivity contribution in [1.29, 1.82) is 0 Å². The Labute approximate surface area is 290 Å². The minimum absolute atomic E-state index is 0.0157. The van der Waals surface area contributed by atoms with Gasteiger partial charge in [-0.2, -0.15) is 0 Å². The minimum Gasteiger partial charge on any atom is -0.494 e. The predicted molar refractivity (Wildman–Crippen MR) is 190 cm³/mol. The highest BCUT2D eigenvalue weighted by molar-refractivity contribution is 9.10. The van der Waals surface area contributed by atoms with Gasteiger partial charge in [0.1, 0.15) is 18.3 Å². The monoisotopic (exact) mass is 739 g/mol. The summed E-state index contributed by atoms with van der Waals surface area (Å²) in [5, 5.41) is 3.57. The van der Waals surface area contributed by atoms with Crippen LogP contribution in [0.1, 0.15) is 38.3 Å². The number of carbonyl (C=O) groups is 2. The fraction of sp³-hybridized carbons (Fsp3) is 0.278. The molecule has 4 rings (SSSR count). The summed E-state index contributed by atoms with van der Waals surface area (Å²) in [4.78, 5) is 30.0. The number of benzene rings is 4. The first kappa shape index (κ1) is 36.0. The fourth-order valence-corrected chi connectivity index (χ4v) is 6.72. The number of carbonyl (C=O) groups excluding carboxylic acids is 2. The van der Waals surface area contributed by atoms with Crippen LogP contribution in [0.25, 0.3) is 0 Å². The Morgan fingerprint density at radius 3 is 2.11 bits per heavy atom. The Morgan fingerprint density at radius 2 is 1.51 bits per heavy atom. The molecule has 0 aliphatic rings. The lowest BCUT2D eigenvalue weighted by Gasteiger charge is -2.34. The summed E-state index contributed by atoms with van der Waals surface area (Å²) in [5.74, 6) is -0.304. The summed E-state index contributed by atoms with van der Waals surface area (Å²) < 4.78 is 35.8. The third-order valence-electron chi connectivity index (χ3n) is 7.65. The zero-order chi connectivity index (χ0) is 34.0. The Balaban J connectivity index is 1.80. The van der Waals surface area contributed by atoms with E-state index in [1.165, 1.54) is 17.0 Å². The van der Waals surface area contributed by atoms with Crippen molar-refractivity contribution in [1.82, 2.24) is 10.2 Å². The normalized spacial score (nSPS) is 12.5. The van der Waals surface area contributed by atoms with E-state index >= 15 is 0 Å². The van der Waals surface area contributed by atoms with Gasteiger partial charge in [0.15, 0.2) is 0 Å². The molecule has 2 atom stereocenters. The third kappa shape index (κ3) is 9.82. The number of halogens is 2. The van der Waals surface area contributed by atoms with Crippen LogP contribution >= 0.6 is 27.5 Å². The van der Waals surface area contributed by atoms with E-state index in [0.29, 0.717) is 28.3 Å². The molecule has 0 saturated heterocycles. The third-order valence-corrected chi connectivity index (χ3v) is 10.2. The topological polar surface area (TPSA) is 96.0 Å². The molecule has 47 heavy (non-hydrogen) atoms. The quantitative estimate of drug-likeness (QED) is 0.139. The molecule has 0 heterocycles. The zero-order valence-corrected chi connectivity index (χ0v) is 29.8. The Hall–Kier alpha value is -3.86. The molecule has 0 saturated carbocycles. The fourth-order valence-electron chi connectivity index (χ4n) is 4.92. The summed E-state index contributed by atoms with van der Waals surface area (Å²) in [6.45, 7) is 5.67. The number of sulfonamides is 1. The van der Waals surface area contributed by atoms with Crippen molar-refractivity contribution in [2.24, 2.45) is 0 Å². The van der Waals surface area contributed by atoms with E-state index in [-0.39, 0.29) is 35.5 Å². The molecule has 0 aromatic heterocycles. The van der Waals surface area contributed by atoms with E-state index in [2.05, 4.69) is 21.2 Å². The van der Waals surface area contributed by atoms with Crippen molar-refractivity contribution in [3.63, 3.8) is 0 Å². The number of hydrogen-bond donors (Lipinski definition) is 1. The highest BCUT2D eigenvalue weighted by Gasteiger charge is 2.35. The van der Waals surface area contributed by atoms with E-state index in [1.54, 1.807) is 60.7 Å². The van der Waals surface area contributed by atoms with Gasteiger partial charge >= 0.3 is 0 Å². The number of rotatable bonds is 15. The van der Waals surface area contributed by atoms with Crippen LogP contribution in [0.15, 0.2) is 112 Å². The van der Waals surface area contributed by atoms with Gasteiger partial charge in [-0.3, -0.25) is 13.9 Å². The summed E-state index contributed by atoms with van der Waals surface area (Å²) >= 11 is 9.52. The summed E-state index contributed by atoms with van der Waals surface area (Å²) in [5.41, 5.74) is 1.87. The molecule has 8 nitrogen and oxygen atoms in total. The van der Waals surface area contributed by atoms with Crippen LogP contribution in [-0.2, 0) is 32.6 Å². The molecule has 0 aliphatic heterocycles. The van der Waals surface area contributed by atoms with Gasteiger partial charge in [-0.15, -0.1) is 0 Å². The largest absolute Gasteiger partial charge is 0.494 e. The second-order valence-electron chi connectivity index (χ2n) is 11.1. The molecule has 1 N–H and O–H groups in total. The van der Waals surface area contributed by atoms with E-state index in [1.807, 2.05) is 51.1 Å². The van der Waals surface area contributed by atoms with Crippen molar-refractivity contribution in [3.05, 3.63) is 124 Å².